The predicted molar refractivity (Wildman–Crippen MR) is 54.1 cm³/mol. The number of nitrogens with zero attached hydrogens (tertiary/aromatic N) is 1. The van der Waals surface area contributed by atoms with Crippen LogP contribution in [0.5, 0.6) is 0 Å². The summed E-state index contributed by atoms with van der Waals surface area (Å²) >= 11 is 0. The van der Waals surface area contributed by atoms with Gasteiger partial charge in [-0.05, 0) is 0 Å². The highest BCUT2D eigenvalue weighted by Gasteiger charge is 2.03. The van der Waals surface area contributed by atoms with Crippen molar-refractivity contribution in [2.24, 2.45) is 0 Å². The molecule has 2 N–H and O–H groups in total. The quantitative estimate of drug-likeness (QED) is 0.536. The maximum Gasteiger partial charge on any atom is 0.216 e. The van der Waals surface area contributed by atoms with E-state index in [1.165, 1.54) is 6.92 Å². The van der Waals surface area contributed by atoms with Gasteiger partial charge in [0.2, 0.25) is 5.91 Å². The molecule has 0 aliphatic heterocycles. The number of carbonyl (C=O) groups excluding carboxylic acids is 1. The van der Waals surface area contributed by atoms with Gasteiger partial charge in [0.05, 0.1) is 13.2 Å². The summed E-state index contributed by atoms with van der Waals surface area (Å²) in [4.78, 5) is 12.6. The molecule has 5 nitrogen and oxygen atoms in total. The number of hydrogen-bond donors (Lipinski definition) is 2. The van der Waals surface area contributed by atoms with Crippen LogP contribution in [-0.2, 0) is 9.53 Å². The third-order valence-corrected chi connectivity index (χ3v) is 1.83. The number of nitrogens with one attached hydrogen (secondary N) is 1. The fourth-order valence-corrected chi connectivity index (χ4v) is 1.09. The van der Waals surface area contributed by atoms with Gasteiger partial charge in [0.15, 0.2) is 0 Å². The third kappa shape index (κ3) is 7.97. The Balaban J connectivity index is 3.55. The summed E-state index contributed by atoms with van der Waals surface area (Å²) in [5.74, 6) is -0.0271. The molecule has 14 heavy (non-hydrogen) atoms. The van der Waals surface area contributed by atoms with Crippen LogP contribution in [0.15, 0.2) is 0 Å². The van der Waals surface area contributed by atoms with Gasteiger partial charge in [0, 0.05) is 40.2 Å². The van der Waals surface area contributed by atoms with Crippen LogP contribution in [-0.4, -0.2) is 62.4 Å². The van der Waals surface area contributed by atoms with E-state index >= 15 is 0 Å². The molecular formula is C9H20N2O3. The third-order valence-electron chi connectivity index (χ3n) is 1.83. The molecule has 0 heterocycles. The number of rotatable bonds is 8. The van der Waals surface area contributed by atoms with E-state index in [0.717, 1.165) is 13.1 Å². The second-order valence-electron chi connectivity index (χ2n) is 3.04. The van der Waals surface area contributed by atoms with Gasteiger partial charge < -0.3 is 15.2 Å². The number of aliphatic hydroxyl groups excluding tert-OH is 1. The smallest absolute Gasteiger partial charge is 0.216 e. The maximum atomic E-state index is 10.6. The molecule has 0 spiro atoms. The minimum atomic E-state index is -0.0271. The fourth-order valence-electron chi connectivity index (χ4n) is 1.09. The largest absolute Gasteiger partial charge is 0.395 e. The standard InChI is InChI=1S/C9H20N2O3/c1-9(13)10-3-4-11(5-7-12)6-8-14-2/h12H,3-8H2,1-2H3,(H,10,13). The summed E-state index contributed by atoms with van der Waals surface area (Å²) in [6.07, 6.45) is 0. The van der Waals surface area contributed by atoms with Gasteiger partial charge in [-0.15, -0.1) is 0 Å². The Bertz CT molecular complexity index is 153. The van der Waals surface area contributed by atoms with Gasteiger partial charge in [0.1, 0.15) is 0 Å². The van der Waals surface area contributed by atoms with Crippen LogP contribution in [0.2, 0.25) is 0 Å². The van der Waals surface area contributed by atoms with Crippen molar-refractivity contribution in [3.8, 4) is 0 Å². The van der Waals surface area contributed by atoms with Crippen LogP contribution < -0.4 is 5.32 Å². The van der Waals surface area contributed by atoms with Crippen molar-refractivity contribution in [3.05, 3.63) is 0 Å². The second-order valence-corrected chi connectivity index (χ2v) is 3.04. The van der Waals surface area contributed by atoms with E-state index in [-0.39, 0.29) is 12.5 Å². The van der Waals surface area contributed by atoms with Gasteiger partial charge in [-0.25, -0.2) is 0 Å². The molecule has 0 rings (SSSR count). The lowest BCUT2D eigenvalue weighted by Gasteiger charge is -2.20. The summed E-state index contributed by atoms with van der Waals surface area (Å²) in [6.45, 7) is 5.00. The molecule has 84 valence electrons. The Labute approximate surface area is 85.0 Å². The first-order valence-corrected chi connectivity index (χ1v) is 4.77. The first-order chi connectivity index (χ1) is 6.70. The molecule has 0 atom stereocenters. The first kappa shape index (κ1) is 13.4. The van der Waals surface area contributed by atoms with Crippen molar-refractivity contribution < 1.29 is 14.6 Å². The molecule has 0 saturated carbocycles. The van der Waals surface area contributed by atoms with Crippen LogP contribution >= 0.6 is 0 Å². The van der Waals surface area contributed by atoms with E-state index in [2.05, 4.69) is 5.32 Å². The molecule has 0 bridgehead atoms. The zero-order valence-electron chi connectivity index (χ0n) is 8.95. The SMILES string of the molecule is COCCN(CCO)CCNC(C)=O. The lowest BCUT2D eigenvalue weighted by Crippen LogP contribution is -2.37. The summed E-state index contributed by atoms with van der Waals surface area (Å²) in [5, 5.41) is 11.5. The van der Waals surface area contributed by atoms with Crippen LogP contribution in [0.4, 0.5) is 0 Å². The minimum Gasteiger partial charge on any atom is -0.395 e. The van der Waals surface area contributed by atoms with Crippen molar-refractivity contribution in [3.63, 3.8) is 0 Å². The van der Waals surface area contributed by atoms with Gasteiger partial charge in [0.25, 0.3) is 0 Å². The fraction of sp³-hybridized carbons (Fsp3) is 0.889. The molecule has 0 radical (unpaired) electrons. The van der Waals surface area contributed by atoms with E-state index in [4.69, 9.17) is 9.84 Å². The van der Waals surface area contributed by atoms with E-state index < -0.39 is 0 Å². The normalized spacial score (nSPS) is 10.6. The molecule has 0 aromatic rings. The molecule has 0 unspecified atom stereocenters. The zero-order chi connectivity index (χ0) is 10.8. The highest BCUT2D eigenvalue weighted by Crippen LogP contribution is 1.86. The molecule has 5 heteroatoms. The summed E-state index contributed by atoms with van der Waals surface area (Å²) in [6, 6.07) is 0. The Morgan fingerprint density at radius 3 is 2.64 bits per heavy atom. The van der Waals surface area contributed by atoms with Crippen molar-refractivity contribution in [1.29, 1.82) is 0 Å². The Kier molecular flexibility index (Phi) is 8.51. The average molecular weight is 204 g/mol. The second kappa shape index (κ2) is 8.93. The van der Waals surface area contributed by atoms with Crippen molar-refractivity contribution in [2.45, 2.75) is 6.92 Å². The van der Waals surface area contributed by atoms with Crippen LogP contribution in [0.3, 0.4) is 0 Å². The first-order valence-electron chi connectivity index (χ1n) is 4.77. The number of ether oxygens (including phenoxy) is 1. The molecule has 0 aromatic heterocycles. The highest BCUT2D eigenvalue weighted by molar-refractivity contribution is 5.72. The Morgan fingerprint density at radius 2 is 2.14 bits per heavy atom. The van der Waals surface area contributed by atoms with Crippen molar-refractivity contribution in [1.82, 2.24) is 10.2 Å². The lowest BCUT2D eigenvalue weighted by atomic mass is 10.4. The van der Waals surface area contributed by atoms with Crippen LogP contribution in [0, 0.1) is 0 Å². The lowest BCUT2D eigenvalue weighted by molar-refractivity contribution is -0.119. The molecule has 1 amide bonds. The molecular weight excluding hydrogens is 184 g/mol. The average Bonchev–Trinajstić information content (AvgIpc) is 2.13. The minimum absolute atomic E-state index is 0.0271. The van der Waals surface area contributed by atoms with Gasteiger partial charge in [-0.3, -0.25) is 9.69 Å². The van der Waals surface area contributed by atoms with E-state index in [0.29, 0.717) is 19.7 Å². The summed E-state index contributed by atoms with van der Waals surface area (Å²) in [5.41, 5.74) is 0. The van der Waals surface area contributed by atoms with Crippen LogP contribution in [0.25, 0.3) is 0 Å². The molecule has 0 aliphatic carbocycles. The molecule has 0 saturated heterocycles. The highest BCUT2D eigenvalue weighted by atomic mass is 16.5. The maximum absolute atomic E-state index is 10.6. The molecule has 0 aromatic carbocycles. The van der Waals surface area contributed by atoms with E-state index in [1.807, 2.05) is 4.90 Å². The van der Waals surface area contributed by atoms with Gasteiger partial charge >= 0.3 is 0 Å². The Hall–Kier alpha value is -0.650. The topological polar surface area (TPSA) is 61.8 Å². The number of hydrogen-bond acceptors (Lipinski definition) is 4. The summed E-state index contributed by atoms with van der Waals surface area (Å²) < 4.78 is 4.94. The zero-order valence-corrected chi connectivity index (χ0v) is 8.95. The van der Waals surface area contributed by atoms with Gasteiger partial charge in [-0.2, -0.15) is 0 Å². The van der Waals surface area contributed by atoms with Crippen LogP contribution in [0.1, 0.15) is 6.92 Å². The van der Waals surface area contributed by atoms with Crippen molar-refractivity contribution >= 4 is 5.91 Å². The monoisotopic (exact) mass is 204 g/mol. The number of methoxy groups -OCH3 is 1. The number of amides is 1. The summed E-state index contributed by atoms with van der Waals surface area (Å²) in [7, 11) is 1.64. The predicted octanol–water partition coefficient (Wildman–Crippen LogP) is -0.937. The Morgan fingerprint density at radius 1 is 1.43 bits per heavy atom. The van der Waals surface area contributed by atoms with Gasteiger partial charge in [-0.1, -0.05) is 0 Å². The molecule has 0 aliphatic rings. The number of carbonyl (C=O) groups is 1. The van der Waals surface area contributed by atoms with Crippen molar-refractivity contribution in [2.75, 3.05) is 46.5 Å². The molecule has 0 fully saturated rings. The number of aliphatic hydroxyl groups is 1. The van der Waals surface area contributed by atoms with E-state index in [9.17, 15) is 4.79 Å². The van der Waals surface area contributed by atoms with E-state index in [1.54, 1.807) is 7.11 Å².